The van der Waals surface area contributed by atoms with Crippen LogP contribution in [0.15, 0.2) is 24.3 Å². The summed E-state index contributed by atoms with van der Waals surface area (Å²) in [5.74, 6) is -0.422. The summed E-state index contributed by atoms with van der Waals surface area (Å²) < 4.78 is 24.1. The number of halogens is 1. The smallest absolute Gasteiger partial charge is 0.238 e. The number of rotatable bonds is 6. The van der Waals surface area contributed by atoms with E-state index in [-0.39, 0.29) is 5.41 Å². The predicted octanol–water partition coefficient (Wildman–Crippen LogP) is 2.70. The standard InChI is InChI=1S/C16H22ClNO3S/c1-11(2)22(20,21)12(3)15(19)18-10-16(8-9-16)13-4-6-14(17)7-5-13/h4-7,11-12H,8-10H2,1-3H3,(H,18,19)/t12-/m1/s1. The molecule has 1 fully saturated rings. The molecule has 22 heavy (non-hydrogen) atoms. The van der Waals surface area contributed by atoms with E-state index in [4.69, 9.17) is 11.6 Å². The average Bonchev–Trinajstić information content (AvgIpc) is 3.25. The first-order chi connectivity index (χ1) is 10.2. The fraction of sp³-hybridized carbons (Fsp3) is 0.562. The number of carbonyl (C=O) groups is 1. The fourth-order valence-corrected chi connectivity index (χ4v) is 3.80. The van der Waals surface area contributed by atoms with E-state index in [9.17, 15) is 13.2 Å². The minimum Gasteiger partial charge on any atom is -0.354 e. The number of carbonyl (C=O) groups excluding carboxylic acids is 1. The monoisotopic (exact) mass is 343 g/mol. The van der Waals surface area contributed by atoms with Gasteiger partial charge in [-0.15, -0.1) is 0 Å². The van der Waals surface area contributed by atoms with Crippen LogP contribution in [0.25, 0.3) is 0 Å². The summed E-state index contributed by atoms with van der Waals surface area (Å²) in [4.78, 5) is 12.1. The van der Waals surface area contributed by atoms with Crippen LogP contribution in [-0.2, 0) is 20.0 Å². The van der Waals surface area contributed by atoms with Crippen LogP contribution in [0.1, 0.15) is 39.2 Å². The van der Waals surface area contributed by atoms with Crippen LogP contribution in [0.5, 0.6) is 0 Å². The van der Waals surface area contributed by atoms with Crippen molar-refractivity contribution in [3.63, 3.8) is 0 Å². The Morgan fingerprint density at radius 3 is 2.23 bits per heavy atom. The normalized spacial score (nSPS) is 18.0. The molecular formula is C16H22ClNO3S. The lowest BCUT2D eigenvalue weighted by atomic mass is 9.96. The number of amides is 1. The molecule has 0 spiro atoms. The van der Waals surface area contributed by atoms with Gasteiger partial charge in [0, 0.05) is 17.0 Å². The minimum absolute atomic E-state index is 0.0679. The van der Waals surface area contributed by atoms with Crippen LogP contribution < -0.4 is 5.32 Å². The van der Waals surface area contributed by atoms with Crippen LogP contribution in [-0.4, -0.2) is 31.4 Å². The van der Waals surface area contributed by atoms with E-state index in [2.05, 4.69) is 5.32 Å². The Kier molecular flexibility index (Phi) is 4.87. The highest BCUT2D eigenvalue weighted by Gasteiger charge is 2.45. The molecule has 2 rings (SSSR count). The first-order valence-corrected chi connectivity index (χ1v) is 9.44. The number of benzene rings is 1. The Labute approximate surface area is 137 Å². The average molecular weight is 344 g/mol. The molecule has 122 valence electrons. The molecule has 0 heterocycles. The van der Waals surface area contributed by atoms with Crippen LogP contribution in [0, 0.1) is 0 Å². The molecule has 0 aromatic heterocycles. The summed E-state index contributed by atoms with van der Waals surface area (Å²) in [6.07, 6.45) is 1.97. The van der Waals surface area contributed by atoms with Crippen molar-refractivity contribution < 1.29 is 13.2 Å². The van der Waals surface area contributed by atoms with Crippen molar-refractivity contribution >= 4 is 27.3 Å². The lowest BCUT2D eigenvalue weighted by Gasteiger charge is -2.20. The van der Waals surface area contributed by atoms with Gasteiger partial charge in [-0.2, -0.15) is 0 Å². The van der Waals surface area contributed by atoms with Crippen molar-refractivity contribution in [2.24, 2.45) is 0 Å². The zero-order valence-electron chi connectivity index (χ0n) is 13.1. The second-order valence-corrected chi connectivity index (χ2v) is 9.55. The van der Waals surface area contributed by atoms with Gasteiger partial charge in [-0.25, -0.2) is 8.42 Å². The van der Waals surface area contributed by atoms with E-state index in [1.807, 2.05) is 24.3 Å². The van der Waals surface area contributed by atoms with Gasteiger partial charge in [0.25, 0.3) is 0 Å². The number of hydrogen-bond donors (Lipinski definition) is 1. The first kappa shape index (κ1) is 17.3. The van der Waals surface area contributed by atoms with Crippen LogP contribution in [0.4, 0.5) is 0 Å². The van der Waals surface area contributed by atoms with E-state index in [1.54, 1.807) is 13.8 Å². The molecule has 1 amide bonds. The molecule has 6 heteroatoms. The summed E-state index contributed by atoms with van der Waals surface area (Å²) in [7, 11) is -3.42. The maximum atomic E-state index is 12.1. The number of sulfone groups is 1. The van der Waals surface area contributed by atoms with Crippen LogP contribution in [0.2, 0.25) is 5.02 Å². The summed E-state index contributed by atoms with van der Waals surface area (Å²) in [5.41, 5.74) is 1.07. The third kappa shape index (κ3) is 3.46. The number of hydrogen-bond acceptors (Lipinski definition) is 3. The van der Waals surface area contributed by atoms with Gasteiger partial charge in [0.1, 0.15) is 5.25 Å². The van der Waals surface area contributed by atoms with Gasteiger partial charge in [-0.1, -0.05) is 23.7 Å². The lowest BCUT2D eigenvalue weighted by molar-refractivity contribution is -0.120. The second-order valence-electron chi connectivity index (χ2n) is 6.29. The molecule has 0 unspecified atom stereocenters. The first-order valence-electron chi connectivity index (χ1n) is 7.45. The topological polar surface area (TPSA) is 63.2 Å². The Bertz CT molecular complexity index is 648. The summed E-state index contributed by atoms with van der Waals surface area (Å²) in [6.45, 7) is 5.10. The van der Waals surface area contributed by atoms with Crippen molar-refractivity contribution in [1.82, 2.24) is 5.32 Å². The molecule has 1 aliphatic carbocycles. The Balaban J connectivity index is 2.01. The Morgan fingerprint density at radius 2 is 1.77 bits per heavy atom. The van der Waals surface area contributed by atoms with E-state index in [1.165, 1.54) is 6.92 Å². The van der Waals surface area contributed by atoms with Gasteiger partial charge < -0.3 is 5.32 Å². The fourth-order valence-electron chi connectivity index (χ4n) is 2.48. The summed E-state index contributed by atoms with van der Waals surface area (Å²) >= 11 is 5.89. The quantitative estimate of drug-likeness (QED) is 0.863. The largest absolute Gasteiger partial charge is 0.354 e. The van der Waals surface area contributed by atoms with E-state index >= 15 is 0 Å². The van der Waals surface area contributed by atoms with Gasteiger partial charge in [-0.3, -0.25) is 4.79 Å². The van der Waals surface area contributed by atoms with Gasteiger partial charge in [0.15, 0.2) is 9.84 Å². The van der Waals surface area contributed by atoms with Gasteiger partial charge in [-0.05, 0) is 51.3 Å². The SMILES string of the molecule is CC(C)S(=O)(=O)[C@H](C)C(=O)NCC1(c2ccc(Cl)cc2)CC1. The van der Waals surface area contributed by atoms with Crippen LogP contribution >= 0.6 is 11.6 Å². The molecule has 0 aliphatic heterocycles. The highest BCUT2D eigenvalue weighted by molar-refractivity contribution is 7.93. The predicted molar refractivity (Wildman–Crippen MR) is 88.9 cm³/mol. The Morgan fingerprint density at radius 1 is 1.23 bits per heavy atom. The second kappa shape index (κ2) is 6.20. The molecule has 0 saturated heterocycles. The molecule has 0 radical (unpaired) electrons. The van der Waals surface area contributed by atoms with Crippen molar-refractivity contribution in [2.45, 2.75) is 49.5 Å². The van der Waals surface area contributed by atoms with Crippen molar-refractivity contribution in [1.29, 1.82) is 0 Å². The molecular weight excluding hydrogens is 322 g/mol. The van der Waals surface area contributed by atoms with Crippen molar-refractivity contribution in [3.05, 3.63) is 34.9 Å². The maximum absolute atomic E-state index is 12.1. The Hall–Kier alpha value is -1.07. The molecule has 1 aromatic carbocycles. The zero-order chi connectivity index (χ0) is 16.5. The minimum atomic E-state index is -3.42. The highest BCUT2D eigenvalue weighted by atomic mass is 35.5. The van der Waals surface area contributed by atoms with E-state index in [0.717, 1.165) is 18.4 Å². The summed E-state index contributed by atoms with van der Waals surface area (Å²) in [5, 5.41) is 1.91. The zero-order valence-corrected chi connectivity index (χ0v) is 14.7. The maximum Gasteiger partial charge on any atom is 0.238 e. The molecule has 1 N–H and O–H groups in total. The van der Waals surface area contributed by atoms with Gasteiger partial charge >= 0.3 is 0 Å². The third-order valence-corrected chi connectivity index (χ3v) is 7.20. The van der Waals surface area contributed by atoms with E-state index in [0.29, 0.717) is 11.6 Å². The van der Waals surface area contributed by atoms with Crippen LogP contribution in [0.3, 0.4) is 0 Å². The van der Waals surface area contributed by atoms with E-state index < -0.39 is 26.2 Å². The summed E-state index contributed by atoms with van der Waals surface area (Å²) in [6, 6.07) is 7.61. The molecule has 4 nitrogen and oxygen atoms in total. The number of nitrogens with one attached hydrogen (secondary N) is 1. The molecule has 1 saturated carbocycles. The molecule has 1 atom stereocenters. The third-order valence-electron chi connectivity index (χ3n) is 4.43. The highest BCUT2D eigenvalue weighted by Crippen LogP contribution is 2.47. The molecule has 1 aromatic rings. The molecule has 1 aliphatic rings. The van der Waals surface area contributed by atoms with Crippen molar-refractivity contribution in [2.75, 3.05) is 6.54 Å². The van der Waals surface area contributed by atoms with Crippen molar-refractivity contribution in [3.8, 4) is 0 Å². The lowest BCUT2D eigenvalue weighted by Crippen LogP contribution is -2.43. The van der Waals surface area contributed by atoms with Gasteiger partial charge in [0.2, 0.25) is 5.91 Å². The van der Waals surface area contributed by atoms with Gasteiger partial charge in [0.05, 0.1) is 5.25 Å². The molecule has 0 bridgehead atoms.